The predicted molar refractivity (Wildman–Crippen MR) is 496 cm³/mol. The molecule has 0 unspecified atom stereocenters. The van der Waals surface area contributed by atoms with Crippen LogP contribution in [-0.4, -0.2) is 44.8 Å². The van der Waals surface area contributed by atoms with Gasteiger partial charge in [-0.2, -0.15) is 0 Å². The molecule has 1 spiro atoms. The van der Waals surface area contributed by atoms with Gasteiger partial charge >= 0.3 is 5.63 Å². The van der Waals surface area contributed by atoms with Gasteiger partial charge in [-0.05, 0) is 136 Å². The van der Waals surface area contributed by atoms with Crippen LogP contribution < -0.4 is 22.4 Å². The summed E-state index contributed by atoms with van der Waals surface area (Å²) in [5.41, 5.74) is 20.9. The van der Waals surface area contributed by atoms with E-state index in [0.29, 0.717) is 32.7 Å². The molecule has 15 nitrogen and oxygen atoms in total. The van der Waals surface area contributed by atoms with Crippen molar-refractivity contribution in [2.75, 3.05) is 0 Å². The van der Waals surface area contributed by atoms with Crippen LogP contribution >= 0.6 is 0 Å². The number of aromatic nitrogens is 8. The molecule has 6 radical (unpaired) electrons. The minimum absolute atomic E-state index is 0. The Kier molecular flexibility index (Phi) is 26.4. The van der Waals surface area contributed by atoms with E-state index in [1.54, 1.807) is 96.7 Å². The van der Waals surface area contributed by atoms with Crippen LogP contribution in [0.15, 0.2) is 369 Å². The van der Waals surface area contributed by atoms with Crippen molar-refractivity contribution >= 4 is 158 Å². The molecule has 0 atom stereocenters. The van der Waals surface area contributed by atoms with Crippen LogP contribution in [0.3, 0.4) is 0 Å². The van der Waals surface area contributed by atoms with Crippen molar-refractivity contribution in [1.29, 1.82) is 0 Å². The van der Waals surface area contributed by atoms with Gasteiger partial charge in [0, 0.05) is 232 Å². The van der Waals surface area contributed by atoms with E-state index in [4.69, 9.17) is 13.8 Å². The van der Waals surface area contributed by atoms with E-state index in [1.807, 2.05) is 188 Å². The summed E-state index contributed by atoms with van der Waals surface area (Å²) in [6.45, 7) is 0. The number of fused-ring (bicyclic) bond motifs is 37. The summed E-state index contributed by atoms with van der Waals surface area (Å²) in [4.78, 5) is 88.1. The van der Waals surface area contributed by atoms with Gasteiger partial charge in [-0.25, -0.2) is 4.79 Å². The van der Waals surface area contributed by atoms with Gasteiger partial charge in [0.1, 0.15) is 5.78 Å². The molecule has 10 heterocycles. The van der Waals surface area contributed by atoms with Crippen LogP contribution in [0.25, 0.3) is 186 Å². The molecule has 14 aromatic carbocycles. The topological polar surface area (TPSA) is 199 Å². The number of hydrogen-bond donors (Lipinski definition) is 0. The first-order valence-corrected chi connectivity index (χ1v) is 40.6. The monoisotopic (exact) mass is 2760 g/mol. The number of benzene rings is 14. The smallest absolute Gasteiger partial charge is 0.325 e. The molecule has 21 heteroatoms. The standard InChI is InChI=1S/C28H16N.2C17H11N2O.2C16H8NO2.C16H8NO.6Ir/c1-4-12-22-19(9-1)20-10-2-5-13-23(20)28(22)24-14-6-3-11-21(24)26-25(28)16-15-18-8-7-17-29-27(18)26;1-19-14-7-3-2-6-12(14)15-13(17(19)20)9-8-11-5-4-10-18-16(11)15;1-19-14-9-8-11-5-4-10-18-16(11)15(14)12-6-2-3-7-13(12)17(19)20;18-16-12-8-7-10-4-3-9-17-15(10)14(12)11-5-1-2-6-13(11)19-16;18-16-12-6-2-1-5-11(12)14-13(19-16)8-7-10-4-3-9-17-15(10)14;18-16-12-6-2-1-5-11(12)14-13(16)8-7-10-4-3-9-17-15(10)14;;;;;;/h1-10,12-17H;2*2-5,7-10H,1H3;2*1-4,6-9H;1-4,6-9H;;;;;;/q6*-1;;;;;;. The SMILES string of the molecule is Cn1c(=O)c2ccc3cccnc3c2c2[c-]cccc21.Cn1c(=O)c2ccc[c-]c2c2c3ncccc3ccc21.O=C1c2ccc[c-]c2-c2c1ccc1cccnc21.O=c1oc2ccc3cccnc3c2c2[c-]cccc12.O=c1oc2ccc[c-]c2c2c1ccc1cccnc12.[Ir].[Ir].[Ir].[Ir].[Ir].[Ir].[c-]1cccc2c1-c1c(ccc3cccnc13)C21c2ccccc2-c2ccccc21. The number of carbonyl (C=O) groups excluding carboxylic acids is 1. The normalized spacial score (nSPS) is 11.7. The molecule has 0 saturated heterocycles. The van der Waals surface area contributed by atoms with E-state index in [-0.39, 0.29) is 154 Å². The van der Waals surface area contributed by atoms with Gasteiger partial charge in [0.25, 0.3) is 5.63 Å². The minimum atomic E-state index is -0.338. The number of aryl methyl sites for hydroxylation is 2. The van der Waals surface area contributed by atoms with Crippen LogP contribution in [0.2, 0.25) is 0 Å². The molecular weight excluding hydrogens is 2700 g/mol. The molecular formula is C110H62Ir6N8O7-6. The maximum Gasteiger partial charge on any atom is 0.325 e. The summed E-state index contributed by atoms with van der Waals surface area (Å²) in [6.07, 6.45) is 10.7. The summed E-state index contributed by atoms with van der Waals surface area (Å²) in [7, 11) is 3.59. The van der Waals surface area contributed by atoms with Gasteiger partial charge in [-0.3, -0.25) is 44.3 Å². The Morgan fingerprint density at radius 2 is 0.672 bits per heavy atom. The molecule has 0 amide bonds. The number of rotatable bonds is 0. The first-order chi connectivity index (χ1) is 61.5. The maximum absolute atomic E-state index is 12.5. The van der Waals surface area contributed by atoms with Crippen LogP contribution in [-0.2, 0) is 140 Å². The van der Waals surface area contributed by atoms with E-state index in [2.05, 4.69) is 140 Å². The Morgan fingerprint density at radius 3 is 1.29 bits per heavy atom. The zero-order valence-corrected chi connectivity index (χ0v) is 83.1. The van der Waals surface area contributed by atoms with Crippen molar-refractivity contribution in [3.8, 4) is 33.4 Å². The Labute approximate surface area is 827 Å². The van der Waals surface area contributed by atoms with Crippen LogP contribution in [0.5, 0.6) is 0 Å². The Hall–Kier alpha value is -13.0. The van der Waals surface area contributed by atoms with Gasteiger partial charge in [0.2, 0.25) is 11.1 Å². The first kappa shape index (κ1) is 91.3. The molecule has 3 aliphatic rings. The van der Waals surface area contributed by atoms with E-state index in [1.165, 1.54) is 49.9 Å². The average Bonchev–Trinajstić information content (AvgIpc) is 1.50. The molecule has 0 saturated carbocycles. The molecule has 10 aromatic heterocycles. The molecule has 0 N–H and O–H groups in total. The molecule has 27 rings (SSSR count). The summed E-state index contributed by atoms with van der Waals surface area (Å²) in [6, 6.07) is 118. The number of pyridine rings is 8. The van der Waals surface area contributed by atoms with Crippen LogP contribution in [0.4, 0.5) is 0 Å². The third-order valence-electron chi connectivity index (χ3n) is 24.1. The second-order valence-electron chi connectivity index (χ2n) is 30.7. The van der Waals surface area contributed by atoms with Crippen molar-refractivity contribution in [1.82, 2.24) is 39.0 Å². The molecule has 3 aliphatic carbocycles. The molecule has 0 fully saturated rings. The number of hydrogen-bond acceptors (Lipinski definition) is 13. The molecule has 644 valence electrons. The third kappa shape index (κ3) is 15.2. The number of nitrogens with zero attached hydrogens (tertiary/aromatic N) is 8. The Bertz CT molecular complexity index is 8940. The third-order valence-corrected chi connectivity index (χ3v) is 24.1. The summed E-state index contributed by atoms with van der Waals surface area (Å²) >= 11 is 0. The molecule has 0 aliphatic heterocycles. The zero-order valence-electron chi connectivity index (χ0n) is 68.8. The largest absolute Gasteiger partial charge is 0.472 e. The van der Waals surface area contributed by atoms with E-state index >= 15 is 0 Å². The van der Waals surface area contributed by atoms with Gasteiger partial charge in [0.15, 0.2) is 0 Å². The van der Waals surface area contributed by atoms with E-state index < -0.39 is 0 Å². The second-order valence-corrected chi connectivity index (χ2v) is 30.7. The van der Waals surface area contributed by atoms with Gasteiger partial charge < -0.3 is 22.8 Å². The molecule has 0 bridgehead atoms. The van der Waals surface area contributed by atoms with Crippen molar-refractivity contribution in [3.05, 3.63) is 452 Å². The second kappa shape index (κ2) is 37.8. The fourth-order valence-electron chi connectivity index (χ4n) is 18.6. The van der Waals surface area contributed by atoms with E-state index in [0.717, 1.165) is 136 Å². The summed E-state index contributed by atoms with van der Waals surface area (Å²) < 4.78 is 14.0. The van der Waals surface area contributed by atoms with E-state index in [9.17, 15) is 24.0 Å². The average molecular weight is 2760 g/mol. The summed E-state index contributed by atoms with van der Waals surface area (Å²) in [5.74, 6) is 0.0735. The van der Waals surface area contributed by atoms with Gasteiger partial charge in [0.05, 0.1) is 5.58 Å². The van der Waals surface area contributed by atoms with Crippen molar-refractivity contribution in [2.45, 2.75) is 5.41 Å². The Morgan fingerprint density at radius 1 is 0.267 bits per heavy atom. The first-order valence-electron chi connectivity index (χ1n) is 40.6. The van der Waals surface area contributed by atoms with Gasteiger partial charge in [-0.15, -0.1) is 178 Å². The molecule has 131 heavy (non-hydrogen) atoms. The fourth-order valence-corrected chi connectivity index (χ4v) is 18.6. The quantitative estimate of drug-likeness (QED) is 0.0790. The number of carbonyl (C=O) groups is 1. The fraction of sp³-hybridized carbons (Fsp3) is 0.0273. The van der Waals surface area contributed by atoms with Crippen molar-refractivity contribution < 1.29 is 134 Å². The summed E-state index contributed by atoms with van der Waals surface area (Å²) in [5, 5.41) is 15.7. The van der Waals surface area contributed by atoms with Crippen LogP contribution in [0, 0.1) is 36.4 Å². The predicted octanol–water partition coefficient (Wildman–Crippen LogP) is 22.3. The number of ketones is 1. The Balaban J connectivity index is 0.000000115. The van der Waals surface area contributed by atoms with Gasteiger partial charge in [-0.1, -0.05) is 184 Å². The van der Waals surface area contributed by atoms with Crippen molar-refractivity contribution in [2.24, 2.45) is 14.1 Å². The maximum atomic E-state index is 12.5. The molecule has 24 aromatic rings. The minimum Gasteiger partial charge on any atom is -0.472 e. The zero-order chi connectivity index (χ0) is 84.1. The van der Waals surface area contributed by atoms with Crippen LogP contribution in [0.1, 0.15) is 38.2 Å². The van der Waals surface area contributed by atoms with Crippen molar-refractivity contribution in [3.63, 3.8) is 0 Å².